The summed E-state index contributed by atoms with van der Waals surface area (Å²) >= 11 is 0. The fraction of sp³-hybridized carbons (Fsp3) is 0.250. The van der Waals surface area contributed by atoms with Gasteiger partial charge in [0.1, 0.15) is 6.61 Å². The molecule has 0 radical (unpaired) electrons. The molecule has 6 heteroatoms. The van der Waals surface area contributed by atoms with Gasteiger partial charge in [-0.3, -0.25) is 14.4 Å². The number of amides is 2. The maximum Gasteiger partial charge on any atom is 0.296 e. The van der Waals surface area contributed by atoms with Crippen molar-refractivity contribution >= 4 is 29.0 Å². The Kier molecular flexibility index (Phi) is 5.43. The molecule has 0 heterocycles. The molecule has 0 aromatic heterocycles. The van der Waals surface area contributed by atoms with Crippen molar-refractivity contribution in [3.8, 4) is 0 Å². The number of benzene rings is 2. The number of anilines is 2. The lowest BCUT2D eigenvalue weighted by atomic mass is 10.0. The molecule has 0 saturated carbocycles. The quantitative estimate of drug-likeness (QED) is 0.618. The third kappa shape index (κ3) is 4.15. The molecule has 2 N–H and O–H groups in total. The van der Waals surface area contributed by atoms with Crippen LogP contribution in [0, 0.1) is 0 Å². The number of Topliss-reactive ketones (excluding diaryl/α,β-unsaturated/α-hetero) is 1. The molecule has 0 spiro atoms. The molecule has 2 aromatic rings. The Morgan fingerprint density at radius 1 is 0.962 bits per heavy atom. The fourth-order valence-electron chi connectivity index (χ4n) is 3.03. The highest BCUT2D eigenvalue weighted by molar-refractivity contribution is 6.46. The summed E-state index contributed by atoms with van der Waals surface area (Å²) in [5.74, 6) is -1.58. The predicted molar refractivity (Wildman–Crippen MR) is 98.4 cm³/mol. The zero-order valence-corrected chi connectivity index (χ0v) is 14.5. The van der Waals surface area contributed by atoms with E-state index in [1.54, 1.807) is 30.3 Å². The van der Waals surface area contributed by atoms with E-state index in [0.717, 1.165) is 24.8 Å². The van der Waals surface area contributed by atoms with Crippen molar-refractivity contribution < 1.29 is 19.1 Å². The van der Waals surface area contributed by atoms with Crippen molar-refractivity contribution in [2.24, 2.45) is 0 Å². The minimum absolute atomic E-state index is 0.0621. The molecule has 0 bridgehead atoms. The summed E-state index contributed by atoms with van der Waals surface area (Å²) in [6.07, 6.45) is 3.06. The zero-order valence-electron chi connectivity index (χ0n) is 14.5. The Bertz CT molecular complexity index is 861. The van der Waals surface area contributed by atoms with Crippen molar-refractivity contribution in [2.75, 3.05) is 24.4 Å². The van der Waals surface area contributed by atoms with Gasteiger partial charge in [-0.1, -0.05) is 18.2 Å². The lowest BCUT2D eigenvalue weighted by Gasteiger charge is -2.09. The Morgan fingerprint density at radius 3 is 2.46 bits per heavy atom. The van der Waals surface area contributed by atoms with Crippen LogP contribution in [0.5, 0.6) is 0 Å². The first-order valence-corrected chi connectivity index (χ1v) is 8.43. The van der Waals surface area contributed by atoms with Crippen molar-refractivity contribution in [3.05, 3.63) is 59.2 Å². The molecule has 0 aliphatic heterocycles. The van der Waals surface area contributed by atoms with Crippen molar-refractivity contribution in [3.63, 3.8) is 0 Å². The monoisotopic (exact) mass is 352 g/mol. The van der Waals surface area contributed by atoms with E-state index < -0.39 is 11.7 Å². The molecule has 0 atom stereocenters. The molecule has 3 rings (SSSR count). The maximum absolute atomic E-state index is 12.4. The van der Waals surface area contributed by atoms with E-state index in [2.05, 4.69) is 10.6 Å². The van der Waals surface area contributed by atoms with E-state index in [1.165, 1.54) is 12.7 Å². The standard InChI is InChI=1S/C20H20N2O4/c1-26-12-18(23)21-16-6-3-7-17(11-16)22-20(25)19(24)15-9-8-13-4-2-5-14(13)10-15/h3,6-11H,2,4-5,12H2,1H3,(H,21,23)(H,22,25). The van der Waals surface area contributed by atoms with Crippen LogP contribution < -0.4 is 10.6 Å². The first-order chi connectivity index (χ1) is 12.6. The number of carbonyl (C=O) groups excluding carboxylic acids is 3. The summed E-state index contributed by atoms with van der Waals surface area (Å²) < 4.78 is 4.76. The van der Waals surface area contributed by atoms with Gasteiger partial charge in [0.05, 0.1) is 0 Å². The van der Waals surface area contributed by atoms with Gasteiger partial charge in [0.25, 0.3) is 11.7 Å². The number of hydrogen-bond acceptors (Lipinski definition) is 4. The van der Waals surface area contributed by atoms with E-state index in [-0.39, 0.29) is 12.5 Å². The smallest absolute Gasteiger partial charge is 0.296 e. The van der Waals surface area contributed by atoms with E-state index >= 15 is 0 Å². The summed E-state index contributed by atoms with van der Waals surface area (Å²) in [6.45, 7) is -0.0621. The first kappa shape index (κ1) is 17.8. The number of fused-ring (bicyclic) bond motifs is 1. The largest absolute Gasteiger partial charge is 0.375 e. The van der Waals surface area contributed by atoms with Crippen LogP contribution in [-0.2, 0) is 27.2 Å². The van der Waals surface area contributed by atoms with Gasteiger partial charge in [-0.2, -0.15) is 0 Å². The molecule has 6 nitrogen and oxygen atoms in total. The third-order valence-corrected chi connectivity index (χ3v) is 4.25. The molecule has 1 aliphatic rings. The number of nitrogens with one attached hydrogen (secondary N) is 2. The van der Waals surface area contributed by atoms with Gasteiger partial charge < -0.3 is 15.4 Å². The van der Waals surface area contributed by atoms with Gasteiger partial charge in [-0.05, 0) is 54.7 Å². The van der Waals surface area contributed by atoms with Crippen LogP contribution in [0.1, 0.15) is 27.9 Å². The molecule has 2 aromatic carbocycles. The van der Waals surface area contributed by atoms with Gasteiger partial charge >= 0.3 is 0 Å². The van der Waals surface area contributed by atoms with Crippen LogP contribution in [0.3, 0.4) is 0 Å². The van der Waals surface area contributed by atoms with Crippen LogP contribution in [0.2, 0.25) is 0 Å². The van der Waals surface area contributed by atoms with Crippen molar-refractivity contribution in [1.82, 2.24) is 0 Å². The molecular formula is C20H20N2O4. The lowest BCUT2D eigenvalue weighted by Crippen LogP contribution is -2.23. The van der Waals surface area contributed by atoms with E-state index in [9.17, 15) is 14.4 Å². The second-order valence-corrected chi connectivity index (χ2v) is 6.18. The number of rotatable bonds is 6. The first-order valence-electron chi connectivity index (χ1n) is 8.43. The molecule has 134 valence electrons. The normalized spacial score (nSPS) is 12.3. The lowest BCUT2D eigenvalue weighted by molar-refractivity contribution is -0.119. The van der Waals surface area contributed by atoms with Gasteiger partial charge in [-0.15, -0.1) is 0 Å². The van der Waals surface area contributed by atoms with E-state index in [1.807, 2.05) is 12.1 Å². The van der Waals surface area contributed by atoms with Crippen molar-refractivity contribution in [2.45, 2.75) is 19.3 Å². The summed E-state index contributed by atoms with van der Waals surface area (Å²) in [5.41, 5.74) is 3.73. The SMILES string of the molecule is COCC(=O)Nc1cccc(NC(=O)C(=O)c2ccc3c(c2)CCC3)c1. The Morgan fingerprint density at radius 2 is 1.69 bits per heavy atom. The van der Waals surface area contributed by atoms with E-state index in [0.29, 0.717) is 16.9 Å². The van der Waals surface area contributed by atoms with Gasteiger partial charge in [0.15, 0.2) is 0 Å². The predicted octanol–water partition coefficient (Wildman–Crippen LogP) is 2.58. The third-order valence-electron chi connectivity index (χ3n) is 4.25. The molecular weight excluding hydrogens is 332 g/mol. The van der Waals surface area contributed by atoms with Crippen LogP contribution in [0.4, 0.5) is 11.4 Å². The highest BCUT2D eigenvalue weighted by Gasteiger charge is 2.19. The Labute approximate surface area is 151 Å². The number of hydrogen-bond donors (Lipinski definition) is 2. The fourth-order valence-corrected chi connectivity index (χ4v) is 3.03. The van der Waals surface area contributed by atoms with Crippen LogP contribution in [0.25, 0.3) is 0 Å². The highest BCUT2D eigenvalue weighted by Crippen LogP contribution is 2.23. The maximum atomic E-state index is 12.4. The number of ether oxygens (including phenoxy) is 1. The Hall–Kier alpha value is -2.99. The molecule has 0 saturated heterocycles. The number of methoxy groups -OCH3 is 1. The molecule has 2 amide bonds. The average Bonchev–Trinajstić information content (AvgIpc) is 3.09. The summed E-state index contributed by atoms with van der Waals surface area (Å²) in [7, 11) is 1.43. The van der Waals surface area contributed by atoms with Gasteiger partial charge in [0, 0.05) is 24.0 Å². The van der Waals surface area contributed by atoms with Crippen molar-refractivity contribution in [1.29, 1.82) is 0 Å². The van der Waals surface area contributed by atoms with Crippen LogP contribution >= 0.6 is 0 Å². The van der Waals surface area contributed by atoms with Gasteiger partial charge in [0.2, 0.25) is 5.91 Å². The summed E-state index contributed by atoms with van der Waals surface area (Å²) in [4.78, 5) is 36.2. The molecule has 0 unspecified atom stereocenters. The van der Waals surface area contributed by atoms with E-state index in [4.69, 9.17) is 4.74 Å². The number of ketones is 1. The van der Waals surface area contributed by atoms with Crippen LogP contribution in [-0.4, -0.2) is 31.3 Å². The van der Waals surface area contributed by atoms with Gasteiger partial charge in [-0.25, -0.2) is 0 Å². The van der Waals surface area contributed by atoms with Crippen LogP contribution in [0.15, 0.2) is 42.5 Å². The number of aryl methyl sites for hydroxylation is 2. The second kappa shape index (κ2) is 7.93. The summed E-state index contributed by atoms with van der Waals surface area (Å²) in [5, 5.41) is 5.23. The minimum Gasteiger partial charge on any atom is -0.375 e. The molecule has 1 aliphatic carbocycles. The zero-order chi connectivity index (χ0) is 18.5. The topological polar surface area (TPSA) is 84.5 Å². The molecule has 26 heavy (non-hydrogen) atoms. The average molecular weight is 352 g/mol. The number of carbonyl (C=O) groups is 3. The second-order valence-electron chi connectivity index (χ2n) is 6.18. The molecule has 0 fully saturated rings. The minimum atomic E-state index is -0.705. The highest BCUT2D eigenvalue weighted by atomic mass is 16.5. The Balaban J connectivity index is 1.67. The summed E-state index contributed by atoms with van der Waals surface area (Å²) in [6, 6.07) is 12.0.